The summed E-state index contributed by atoms with van der Waals surface area (Å²) in [6.07, 6.45) is 7.69. The monoisotopic (exact) mass is 462 g/mol. The number of anilines is 1. The third kappa shape index (κ3) is 4.55. The van der Waals surface area contributed by atoms with Crippen molar-refractivity contribution in [3.63, 3.8) is 0 Å². The lowest BCUT2D eigenvalue weighted by Crippen LogP contribution is -2.49. The number of ether oxygens (including phenoxy) is 1. The molecule has 0 radical (unpaired) electrons. The number of aromatic nitrogens is 3. The van der Waals surface area contributed by atoms with Crippen molar-refractivity contribution in [1.29, 1.82) is 0 Å². The zero-order valence-corrected chi connectivity index (χ0v) is 19.5. The molecule has 2 N–H and O–H groups in total. The van der Waals surface area contributed by atoms with Crippen molar-refractivity contribution in [2.24, 2.45) is 4.99 Å². The first-order valence-corrected chi connectivity index (χ1v) is 12.0. The third-order valence-corrected chi connectivity index (χ3v) is 6.56. The van der Waals surface area contributed by atoms with Gasteiger partial charge in [0.05, 0.1) is 23.2 Å². The summed E-state index contributed by atoms with van der Waals surface area (Å²) in [5.74, 6) is 1.81. The molecule has 0 unspecified atom stereocenters. The lowest BCUT2D eigenvalue weighted by molar-refractivity contribution is -0.131. The van der Waals surface area contributed by atoms with Crippen molar-refractivity contribution >= 4 is 34.7 Å². The standard InChI is InChI=1S/C25H30N6O3/c1-17-14-18-7-8-20(17)34-13-5-3-2-4-6-21(32)30-9-11-31(12-10-30)24-22-19(15-26-18)25(33)29-23(22)27-16-28-24/h7-8,14-16,33H,2-6,9-13H2,1H3,(H,27,28,29). The second-order valence-electron chi connectivity index (χ2n) is 8.90. The van der Waals surface area contributed by atoms with Gasteiger partial charge in [-0.2, -0.15) is 0 Å². The van der Waals surface area contributed by atoms with Crippen LogP contribution in [-0.2, 0) is 4.79 Å². The van der Waals surface area contributed by atoms with Crippen LogP contribution < -0.4 is 9.64 Å². The summed E-state index contributed by atoms with van der Waals surface area (Å²) >= 11 is 0. The molecular formula is C25H30N6O3. The number of nitrogens with zero attached hydrogens (tertiary/aromatic N) is 5. The van der Waals surface area contributed by atoms with E-state index in [-0.39, 0.29) is 11.8 Å². The van der Waals surface area contributed by atoms with Gasteiger partial charge in [0, 0.05) is 38.8 Å². The van der Waals surface area contributed by atoms with Gasteiger partial charge in [0.25, 0.3) is 0 Å². The minimum atomic E-state index is 0.00406. The van der Waals surface area contributed by atoms with Crippen molar-refractivity contribution in [2.75, 3.05) is 37.7 Å². The zero-order chi connectivity index (χ0) is 23.5. The maximum absolute atomic E-state index is 12.7. The highest BCUT2D eigenvalue weighted by molar-refractivity contribution is 6.06. The molecule has 0 spiro atoms. The number of aryl methyl sites for hydroxylation is 1. The Bertz CT molecular complexity index is 1210. The van der Waals surface area contributed by atoms with Crippen LogP contribution in [0.25, 0.3) is 11.0 Å². The van der Waals surface area contributed by atoms with Gasteiger partial charge in [-0.15, -0.1) is 0 Å². The first-order valence-electron chi connectivity index (χ1n) is 12.0. The smallest absolute Gasteiger partial charge is 0.222 e. The van der Waals surface area contributed by atoms with E-state index in [0.717, 1.165) is 53.9 Å². The van der Waals surface area contributed by atoms with Gasteiger partial charge < -0.3 is 24.6 Å². The molecule has 0 atom stereocenters. The Kier molecular flexibility index (Phi) is 6.33. The molecule has 7 heterocycles. The Morgan fingerprint density at radius 1 is 1.03 bits per heavy atom. The predicted octanol–water partition coefficient (Wildman–Crippen LogP) is 3.71. The Hall–Kier alpha value is -3.62. The lowest BCUT2D eigenvalue weighted by atomic mass is 10.1. The lowest BCUT2D eigenvalue weighted by Gasteiger charge is -2.35. The van der Waals surface area contributed by atoms with Gasteiger partial charge in [-0.1, -0.05) is 12.8 Å². The number of nitrogens with one attached hydrogen (secondary N) is 1. The number of aliphatic imine (C=N–C) groups is 1. The Morgan fingerprint density at radius 3 is 2.65 bits per heavy atom. The second kappa shape index (κ2) is 9.70. The van der Waals surface area contributed by atoms with Crippen LogP contribution in [0.15, 0.2) is 29.5 Å². The van der Waals surface area contributed by atoms with Gasteiger partial charge in [-0.25, -0.2) is 9.97 Å². The van der Waals surface area contributed by atoms with E-state index in [2.05, 4.69) is 24.8 Å². The highest BCUT2D eigenvalue weighted by atomic mass is 16.5. The molecule has 1 saturated heterocycles. The van der Waals surface area contributed by atoms with Gasteiger partial charge in [0.1, 0.15) is 23.5 Å². The van der Waals surface area contributed by atoms with Crippen LogP contribution in [0.3, 0.4) is 0 Å². The highest BCUT2D eigenvalue weighted by Crippen LogP contribution is 2.32. The van der Waals surface area contributed by atoms with Crippen LogP contribution in [-0.4, -0.2) is 69.9 Å². The number of hydrogen-bond acceptors (Lipinski definition) is 7. The number of carbonyl (C=O) groups excluding carboxylic acids is 1. The van der Waals surface area contributed by atoms with Crippen LogP contribution in [0.4, 0.5) is 11.5 Å². The molecule has 0 aliphatic carbocycles. The van der Waals surface area contributed by atoms with Gasteiger partial charge >= 0.3 is 0 Å². The molecule has 4 bridgehead atoms. The van der Waals surface area contributed by atoms with Crippen LogP contribution in [0.2, 0.25) is 0 Å². The summed E-state index contributed by atoms with van der Waals surface area (Å²) in [6.45, 7) is 5.33. The summed E-state index contributed by atoms with van der Waals surface area (Å²) in [5.41, 5.74) is 2.89. The largest absolute Gasteiger partial charge is 0.494 e. The molecule has 9 heteroatoms. The number of rotatable bonds is 0. The molecule has 2 aromatic heterocycles. The first kappa shape index (κ1) is 22.2. The second-order valence-corrected chi connectivity index (χ2v) is 8.90. The van der Waals surface area contributed by atoms with E-state index in [9.17, 15) is 9.90 Å². The van der Waals surface area contributed by atoms with Crippen molar-refractivity contribution in [2.45, 2.75) is 39.0 Å². The minimum absolute atomic E-state index is 0.00406. The topological polar surface area (TPSA) is 107 Å². The van der Waals surface area contributed by atoms with Crippen LogP contribution in [0.5, 0.6) is 11.6 Å². The summed E-state index contributed by atoms with van der Waals surface area (Å²) in [5, 5.41) is 11.3. The zero-order valence-electron chi connectivity index (χ0n) is 19.5. The fraction of sp³-hybridized carbons (Fsp3) is 0.440. The molecular weight excluding hydrogens is 432 g/mol. The molecule has 0 saturated carbocycles. The van der Waals surface area contributed by atoms with E-state index >= 15 is 0 Å². The molecule has 178 valence electrons. The maximum atomic E-state index is 12.7. The van der Waals surface area contributed by atoms with Crippen molar-refractivity contribution in [1.82, 2.24) is 19.9 Å². The van der Waals surface area contributed by atoms with E-state index in [1.807, 2.05) is 30.0 Å². The Labute approximate surface area is 198 Å². The number of amides is 1. The average Bonchev–Trinajstić information content (AvgIpc) is 3.17. The number of aromatic amines is 1. The molecule has 8 rings (SSSR count). The quantitative estimate of drug-likeness (QED) is 0.527. The fourth-order valence-corrected chi connectivity index (χ4v) is 4.64. The maximum Gasteiger partial charge on any atom is 0.222 e. The molecule has 5 aliphatic heterocycles. The molecule has 34 heavy (non-hydrogen) atoms. The molecule has 1 amide bonds. The van der Waals surface area contributed by atoms with Crippen molar-refractivity contribution in [3.8, 4) is 11.6 Å². The van der Waals surface area contributed by atoms with E-state index < -0.39 is 0 Å². The third-order valence-electron chi connectivity index (χ3n) is 6.56. The van der Waals surface area contributed by atoms with E-state index in [0.29, 0.717) is 50.4 Å². The predicted molar refractivity (Wildman–Crippen MR) is 131 cm³/mol. The van der Waals surface area contributed by atoms with Gasteiger partial charge in [-0.3, -0.25) is 9.79 Å². The Morgan fingerprint density at radius 2 is 1.82 bits per heavy atom. The molecule has 9 nitrogen and oxygen atoms in total. The summed E-state index contributed by atoms with van der Waals surface area (Å²) in [6, 6.07) is 5.82. The fourth-order valence-electron chi connectivity index (χ4n) is 4.64. The number of carbonyl (C=O) groups is 1. The number of aromatic hydroxyl groups is 1. The van der Waals surface area contributed by atoms with Crippen LogP contribution in [0.1, 0.15) is 43.2 Å². The Balaban J connectivity index is 1.50. The minimum Gasteiger partial charge on any atom is -0.494 e. The summed E-state index contributed by atoms with van der Waals surface area (Å²) in [4.78, 5) is 33.2. The van der Waals surface area contributed by atoms with E-state index in [4.69, 9.17) is 4.74 Å². The number of benzene rings is 1. The SMILES string of the molecule is Cc1cc2ccc1OCCCCCCC(=O)N1CCN(CC1)c1ncnc3[nH]c(O)c(c13)C=N2. The van der Waals surface area contributed by atoms with Crippen LogP contribution >= 0.6 is 0 Å². The van der Waals surface area contributed by atoms with Gasteiger partial charge in [0.2, 0.25) is 5.91 Å². The molecule has 1 aromatic carbocycles. The molecule has 1 fully saturated rings. The summed E-state index contributed by atoms with van der Waals surface area (Å²) < 4.78 is 5.96. The van der Waals surface area contributed by atoms with E-state index in [1.54, 1.807) is 6.21 Å². The van der Waals surface area contributed by atoms with Crippen LogP contribution in [0, 0.1) is 6.92 Å². The number of piperazine rings is 1. The normalized spacial score (nSPS) is 17.7. The number of H-pyrrole nitrogens is 1. The summed E-state index contributed by atoms with van der Waals surface area (Å²) in [7, 11) is 0. The molecule has 5 aliphatic rings. The highest BCUT2D eigenvalue weighted by Gasteiger charge is 2.25. The van der Waals surface area contributed by atoms with Crippen molar-refractivity contribution in [3.05, 3.63) is 35.7 Å². The molecule has 3 aromatic rings. The average molecular weight is 463 g/mol. The first-order chi connectivity index (χ1) is 16.6. The number of hydrogen-bond donors (Lipinski definition) is 2. The van der Waals surface area contributed by atoms with Gasteiger partial charge in [0.15, 0.2) is 5.88 Å². The van der Waals surface area contributed by atoms with E-state index in [1.165, 1.54) is 6.33 Å². The van der Waals surface area contributed by atoms with Gasteiger partial charge in [-0.05, 0) is 43.5 Å². The van der Waals surface area contributed by atoms with Crippen molar-refractivity contribution < 1.29 is 14.6 Å².